The summed E-state index contributed by atoms with van der Waals surface area (Å²) in [7, 11) is 0. The van der Waals surface area contributed by atoms with Crippen LogP contribution in [-0.4, -0.2) is 18.0 Å². The van der Waals surface area contributed by atoms with E-state index >= 15 is 0 Å². The van der Waals surface area contributed by atoms with Crippen molar-refractivity contribution < 1.29 is 4.79 Å². The van der Waals surface area contributed by atoms with Crippen LogP contribution in [0.2, 0.25) is 0 Å². The fraction of sp³-hybridized carbons (Fsp3) is 0.455. The molecule has 0 aromatic carbocycles. The zero-order valence-electron chi connectivity index (χ0n) is 8.41. The molecule has 14 heavy (non-hydrogen) atoms. The number of carbonyl (C=O) groups excluding carboxylic acids is 1. The average Bonchev–Trinajstić information content (AvgIpc) is 2.62. The van der Waals surface area contributed by atoms with E-state index in [2.05, 4.69) is 11.1 Å². The summed E-state index contributed by atoms with van der Waals surface area (Å²) in [6.45, 7) is 4.34. The fourth-order valence-electron chi connectivity index (χ4n) is 1.56. The highest BCUT2D eigenvalue weighted by atomic mass is 32.1. The van der Waals surface area contributed by atoms with Gasteiger partial charge in [0.15, 0.2) is 5.78 Å². The molecule has 0 atom stereocenters. The Morgan fingerprint density at radius 2 is 2.29 bits per heavy atom. The van der Waals surface area contributed by atoms with Gasteiger partial charge in [-0.2, -0.15) is 0 Å². The van der Waals surface area contributed by atoms with E-state index < -0.39 is 0 Å². The molecule has 0 radical (unpaired) electrons. The van der Waals surface area contributed by atoms with Crippen LogP contribution >= 0.6 is 11.3 Å². The molecule has 0 unspecified atom stereocenters. The summed E-state index contributed by atoms with van der Waals surface area (Å²) < 4.78 is 0. The van der Waals surface area contributed by atoms with Crippen molar-refractivity contribution in [3.63, 3.8) is 0 Å². The van der Waals surface area contributed by atoms with Crippen LogP contribution < -0.4 is 0 Å². The quantitative estimate of drug-likeness (QED) is 0.695. The number of carbonyl (C=O) groups is 1. The van der Waals surface area contributed by atoms with Gasteiger partial charge in [-0.15, -0.1) is 11.3 Å². The van der Waals surface area contributed by atoms with E-state index in [9.17, 15) is 4.79 Å². The fourth-order valence-corrected chi connectivity index (χ4v) is 2.30. The first-order chi connectivity index (χ1) is 6.59. The molecular formula is C11H13NOS. The van der Waals surface area contributed by atoms with Gasteiger partial charge in [0, 0.05) is 16.7 Å². The third kappa shape index (κ3) is 1.64. The number of hydrogen-bond donors (Lipinski definition) is 0. The first-order valence-corrected chi connectivity index (χ1v) is 5.58. The second kappa shape index (κ2) is 3.31. The Hall–Kier alpha value is -0.960. The number of Topliss-reactive ketones (excluding diaryl/α,β-unsaturated/α-hetero) is 1. The highest BCUT2D eigenvalue weighted by Gasteiger charge is 2.32. The molecule has 2 nitrogen and oxygen atoms in total. The van der Waals surface area contributed by atoms with E-state index in [0.29, 0.717) is 6.54 Å². The zero-order chi connectivity index (χ0) is 10.2. The Balaban J connectivity index is 2.29. The van der Waals surface area contributed by atoms with Crippen LogP contribution in [0.3, 0.4) is 0 Å². The van der Waals surface area contributed by atoms with Gasteiger partial charge in [0.2, 0.25) is 0 Å². The van der Waals surface area contributed by atoms with Crippen LogP contribution in [0.4, 0.5) is 0 Å². The van der Waals surface area contributed by atoms with Crippen LogP contribution in [0.1, 0.15) is 25.1 Å². The van der Waals surface area contributed by atoms with Crippen molar-refractivity contribution >= 4 is 22.8 Å². The predicted octanol–water partition coefficient (Wildman–Crippen LogP) is 2.54. The summed E-state index contributed by atoms with van der Waals surface area (Å²) in [5, 5.41) is 2.04. The van der Waals surface area contributed by atoms with Crippen molar-refractivity contribution in [2.24, 2.45) is 10.4 Å². The predicted molar refractivity (Wildman–Crippen MR) is 59.1 cm³/mol. The Kier molecular flexibility index (Phi) is 2.27. The minimum absolute atomic E-state index is 0.235. The number of ketones is 1. The van der Waals surface area contributed by atoms with Crippen LogP contribution in [0.15, 0.2) is 22.5 Å². The lowest BCUT2D eigenvalue weighted by Gasteiger charge is -2.26. The monoisotopic (exact) mass is 207 g/mol. The first-order valence-electron chi connectivity index (χ1n) is 4.70. The van der Waals surface area contributed by atoms with Gasteiger partial charge in [0.25, 0.3) is 0 Å². The average molecular weight is 207 g/mol. The standard InChI is InChI=1S/C11H13NOS/c1-11(2)6-8(12-7-10(11)13)9-4-3-5-14-9/h3-5H,6-7H2,1-2H3. The summed E-state index contributed by atoms with van der Waals surface area (Å²) in [6.07, 6.45) is 0.770. The van der Waals surface area contributed by atoms with Crippen LogP contribution in [-0.2, 0) is 4.79 Å². The van der Waals surface area contributed by atoms with Gasteiger partial charge in [-0.1, -0.05) is 19.9 Å². The van der Waals surface area contributed by atoms with Crippen molar-refractivity contribution in [3.8, 4) is 0 Å². The maximum Gasteiger partial charge on any atom is 0.160 e. The summed E-state index contributed by atoms with van der Waals surface area (Å²) in [5.41, 5.74) is 0.853. The highest BCUT2D eigenvalue weighted by molar-refractivity contribution is 7.12. The Morgan fingerprint density at radius 3 is 2.86 bits per heavy atom. The van der Waals surface area contributed by atoms with Crippen molar-refractivity contribution in [2.45, 2.75) is 20.3 Å². The second-order valence-electron chi connectivity index (χ2n) is 4.22. The van der Waals surface area contributed by atoms with Gasteiger partial charge >= 0.3 is 0 Å². The van der Waals surface area contributed by atoms with E-state index in [1.54, 1.807) is 11.3 Å². The van der Waals surface area contributed by atoms with Gasteiger partial charge in [-0.05, 0) is 11.4 Å². The number of nitrogens with zero attached hydrogens (tertiary/aromatic N) is 1. The minimum atomic E-state index is -0.235. The molecule has 1 aromatic heterocycles. The summed E-state index contributed by atoms with van der Waals surface area (Å²) in [4.78, 5) is 17.1. The summed E-state index contributed by atoms with van der Waals surface area (Å²) >= 11 is 1.69. The number of thiophene rings is 1. The molecule has 0 fully saturated rings. The molecule has 0 spiro atoms. The maximum atomic E-state index is 11.5. The Morgan fingerprint density at radius 1 is 1.50 bits per heavy atom. The molecular weight excluding hydrogens is 194 g/mol. The molecule has 0 saturated heterocycles. The SMILES string of the molecule is CC1(C)CC(c2cccs2)=NCC1=O. The van der Waals surface area contributed by atoms with Crippen LogP contribution in [0, 0.1) is 5.41 Å². The third-order valence-corrected chi connectivity index (χ3v) is 3.50. The van der Waals surface area contributed by atoms with Crippen LogP contribution in [0.5, 0.6) is 0 Å². The van der Waals surface area contributed by atoms with Gasteiger partial charge < -0.3 is 0 Å². The van der Waals surface area contributed by atoms with Gasteiger partial charge in [-0.3, -0.25) is 9.79 Å². The molecule has 1 aromatic rings. The Bertz CT molecular complexity index is 376. The first kappa shape index (κ1) is 9.59. The third-order valence-electron chi connectivity index (χ3n) is 2.58. The minimum Gasteiger partial charge on any atom is -0.297 e. The van der Waals surface area contributed by atoms with Gasteiger partial charge in [-0.25, -0.2) is 0 Å². The normalized spacial score (nSPS) is 20.7. The second-order valence-corrected chi connectivity index (χ2v) is 5.17. The van der Waals surface area contributed by atoms with E-state index in [1.807, 2.05) is 25.3 Å². The van der Waals surface area contributed by atoms with Crippen LogP contribution in [0.25, 0.3) is 0 Å². The maximum absolute atomic E-state index is 11.5. The van der Waals surface area contributed by atoms with Gasteiger partial charge in [0.05, 0.1) is 12.3 Å². The van der Waals surface area contributed by atoms with E-state index in [4.69, 9.17) is 0 Å². The molecule has 0 amide bonds. The molecule has 0 bridgehead atoms. The lowest BCUT2D eigenvalue weighted by atomic mass is 9.80. The molecule has 1 aliphatic heterocycles. The molecule has 2 rings (SSSR count). The lowest BCUT2D eigenvalue weighted by Crippen LogP contribution is -2.33. The van der Waals surface area contributed by atoms with Crippen molar-refractivity contribution in [1.29, 1.82) is 0 Å². The summed E-state index contributed by atoms with van der Waals surface area (Å²) in [5.74, 6) is 0.248. The van der Waals surface area contributed by atoms with Crippen molar-refractivity contribution in [2.75, 3.05) is 6.54 Å². The topological polar surface area (TPSA) is 29.4 Å². The van der Waals surface area contributed by atoms with Crippen molar-refractivity contribution in [3.05, 3.63) is 22.4 Å². The number of aliphatic imine (C=N–C) groups is 1. The molecule has 74 valence electrons. The molecule has 1 aliphatic rings. The highest BCUT2D eigenvalue weighted by Crippen LogP contribution is 2.29. The number of rotatable bonds is 1. The van der Waals surface area contributed by atoms with E-state index in [-0.39, 0.29) is 11.2 Å². The number of hydrogen-bond acceptors (Lipinski definition) is 3. The zero-order valence-corrected chi connectivity index (χ0v) is 9.23. The molecule has 2 heterocycles. The Labute approximate surface area is 87.7 Å². The van der Waals surface area contributed by atoms with Crippen molar-refractivity contribution in [1.82, 2.24) is 0 Å². The molecule has 3 heteroatoms. The van der Waals surface area contributed by atoms with E-state index in [0.717, 1.165) is 12.1 Å². The largest absolute Gasteiger partial charge is 0.297 e. The van der Waals surface area contributed by atoms with Gasteiger partial charge in [0.1, 0.15) is 0 Å². The molecule has 0 N–H and O–H groups in total. The molecule has 0 aliphatic carbocycles. The lowest BCUT2D eigenvalue weighted by molar-refractivity contribution is -0.125. The summed E-state index contributed by atoms with van der Waals surface area (Å²) in [6, 6.07) is 4.08. The molecule has 0 saturated carbocycles. The van der Waals surface area contributed by atoms with E-state index in [1.165, 1.54) is 4.88 Å². The smallest absolute Gasteiger partial charge is 0.160 e.